The highest BCUT2D eigenvalue weighted by molar-refractivity contribution is 7.92. The highest BCUT2D eigenvalue weighted by Crippen LogP contribution is 2.25. The Morgan fingerprint density at radius 1 is 0.950 bits per heavy atom. The molecule has 0 aromatic heterocycles. The number of anilines is 1. The summed E-state index contributed by atoms with van der Waals surface area (Å²) in [6, 6.07) is 9.31. The molecule has 0 amide bonds. The van der Waals surface area contributed by atoms with Crippen LogP contribution < -0.4 is 4.72 Å². The first-order valence-electron chi connectivity index (χ1n) is 6.19. The predicted molar refractivity (Wildman–Crippen MR) is 79.6 cm³/mol. The molecule has 2 aromatic rings. The van der Waals surface area contributed by atoms with Gasteiger partial charge in [0.2, 0.25) is 0 Å². The number of aromatic hydroxyl groups is 1. The van der Waals surface area contributed by atoms with Crippen LogP contribution in [-0.4, -0.2) is 13.5 Å². The largest absolute Gasteiger partial charge is 0.508 e. The zero-order chi connectivity index (χ0) is 14.9. The molecule has 0 saturated heterocycles. The number of hydrogen-bond donors (Lipinski definition) is 2. The van der Waals surface area contributed by atoms with Crippen LogP contribution in [0.3, 0.4) is 0 Å². The second-order valence-electron chi connectivity index (χ2n) is 4.87. The summed E-state index contributed by atoms with van der Waals surface area (Å²) in [5, 5.41) is 9.22. The van der Waals surface area contributed by atoms with E-state index in [0.717, 1.165) is 16.7 Å². The molecule has 20 heavy (non-hydrogen) atoms. The molecule has 0 atom stereocenters. The molecule has 0 radical (unpaired) electrons. The Morgan fingerprint density at radius 2 is 1.45 bits per heavy atom. The molecule has 0 spiro atoms. The van der Waals surface area contributed by atoms with Gasteiger partial charge in [0.15, 0.2) is 0 Å². The van der Waals surface area contributed by atoms with Crippen molar-refractivity contribution in [2.45, 2.75) is 25.7 Å². The molecule has 4 nitrogen and oxygen atoms in total. The molecular weight excluding hydrogens is 274 g/mol. The minimum atomic E-state index is -3.65. The molecular formula is C15H17NO3S. The highest BCUT2D eigenvalue weighted by atomic mass is 32.2. The summed E-state index contributed by atoms with van der Waals surface area (Å²) in [5.41, 5.74) is 3.45. The topological polar surface area (TPSA) is 66.4 Å². The number of aryl methyl sites for hydroxylation is 3. The third kappa shape index (κ3) is 2.93. The Hall–Kier alpha value is -2.01. The zero-order valence-electron chi connectivity index (χ0n) is 11.6. The monoisotopic (exact) mass is 291 g/mol. The van der Waals surface area contributed by atoms with Crippen LogP contribution in [-0.2, 0) is 10.0 Å². The second kappa shape index (κ2) is 5.17. The lowest BCUT2D eigenvalue weighted by atomic mass is 10.1. The quantitative estimate of drug-likeness (QED) is 0.913. The first kappa shape index (κ1) is 14.4. The SMILES string of the molecule is Cc1cc(C)c(NS(=O)(=O)c2ccc(O)cc2)c(C)c1. The van der Waals surface area contributed by atoms with Gasteiger partial charge >= 0.3 is 0 Å². The number of hydrogen-bond acceptors (Lipinski definition) is 3. The highest BCUT2D eigenvalue weighted by Gasteiger charge is 2.16. The number of benzene rings is 2. The van der Waals surface area contributed by atoms with Gasteiger partial charge < -0.3 is 5.11 Å². The van der Waals surface area contributed by atoms with E-state index in [9.17, 15) is 13.5 Å². The van der Waals surface area contributed by atoms with E-state index in [2.05, 4.69) is 4.72 Å². The van der Waals surface area contributed by atoms with Crippen LogP contribution in [0.1, 0.15) is 16.7 Å². The molecule has 2 rings (SSSR count). The Morgan fingerprint density at radius 3 is 1.95 bits per heavy atom. The van der Waals surface area contributed by atoms with E-state index in [1.165, 1.54) is 24.3 Å². The average Bonchev–Trinajstić information content (AvgIpc) is 2.34. The molecule has 0 heterocycles. The van der Waals surface area contributed by atoms with Crippen LogP contribution in [0.25, 0.3) is 0 Å². The van der Waals surface area contributed by atoms with Gasteiger partial charge in [-0.2, -0.15) is 0 Å². The first-order valence-corrected chi connectivity index (χ1v) is 7.67. The minimum absolute atomic E-state index is 0.0339. The van der Waals surface area contributed by atoms with Gasteiger partial charge in [-0.25, -0.2) is 8.42 Å². The van der Waals surface area contributed by atoms with Crippen LogP contribution in [0.5, 0.6) is 5.75 Å². The van der Waals surface area contributed by atoms with Crippen molar-refractivity contribution >= 4 is 15.7 Å². The summed E-state index contributed by atoms with van der Waals surface area (Å²) in [6.45, 7) is 5.71. The number of phenolic OH excluding ortho intramolecular Hbond substituents is 1. The molecule has 0 saturated carbocycles. The fourth-order valence-electron chi connectivity index (χ4n) is 2.16. The van der Waals surface area contributed by atoms with Crippen molar-refractivity contribution in [1.82, 2.24) is 0 Å². The number of rotatable bonds is 3. The third-order valence-electron chi connectivity index (χ3n) is 3.06. The van der Waals surface area contributed by atoms with Crippen molar-refractivity contribution in [3.8, 4) is 5.75 Å². The Bertz CT molecular complexity index is 711. The number of phenols is 1. The molecule has 5 heteroatoms. The van der Waals surface area contributed by atoms with E-state index in [1.807, 2.05) is 32.9 Å². The second-order valence-corrected chi connectivity index (χ2v) is 6.56. The lowest BCUT2D eigenvalue weighted by molar-refractivity contribution is 0.475. The molecule has 2 N–H and O–H groups in total. The summed E-state index contributed by atoms with van der Waals surface area (Å²) < 4.78 is 27.2. The third-order valence-corrected chi connectivity index (χ3v) is 4.43. The normalized spacial score (nSPS) is 11.3. The lowest BCUT2D eigenvalue weighted by Gasteiger charge is -2.14. The fraction of sp³-hybridized carbons (Fsp3) is 0.200. The van der Waals surface area contributed by atoms with E-state index < -0.39 is 10.0 Å². The van der Waals surface area contributed by atoms with E-state index >= 15 is 0 Å². The summed E-state index contributed by atoms with van der Waals surface area (Å²) in [7, 11) is -3.65. The Kier molecular flexibility index (Phi) is 3.72. The van der Waals surface area contributed by atoms with Crippen molar-refractivity contribution in [1.29, 1.82) is 0 Å². The van der Waals surface area contributed by atoms with E-state index in [1.54, 1.807) is 0 Å². The Balaban J connectivity index is 2.41. The summed E-state index contributed by atoms with van der Waals surface area (Å²) in [4.78, 5) is 0.120. The van der Waals surface area contributed by atoms with Crippen molar-refractivity contribution < 1.29 is 13.5 Å². The lowest BCUT2D eigenvalue weighted by Crippen LogP contribution is -2.14. The molecule has 0 fully saturated rings. The number of sulfonamides is 1. The standard InChI is InChI=1S/C15H17NO3S/c1-10-8-11(2)15(12(3)9-10)16-20(18,19)14-6-4-13(17)5-7-14/h4-9,16-17H,1-3H3. The van der Waals surface area contributed by atoms with Gasteiger partial charge in [-0.15, -0.1) is 0 Å². The van der Waals surface area contributed by atoms with Crippen LogP contribution >= 0.6 is 0 Å². The Labute approximate surface area is 119 Å². The van der Waals surface area contributed by atoms with Crippen molar-refractivity contribution in [2.75, 3.05) is 4.72 Å². The first-order chi connectivity index (χ1) is 9.29. The van der Waals surface area contributed by atoms with Gasteiger partial charge in [0.25, 0.3) is 10.0 Å². The molecule has 0 unspecified atom stereocenters. The van der Waals surface area contributed by atoms with Crippen molar-refractivity contribution in [3.63, 3.8) is 0 Å². The molecule has 106 valence electrons. The number of nitrogens with one attached hydrogen (secondary N) is 1. The molecule has 2 aromatic carbocycles. The van der Waals surface area contributed by atoms with E-state index in [-0.39, 0.29) is 10.6 Å². The van der Waals surface area contributed by atoms with Crippen LogP contribution in [0.15, 0.2) is 41.3 Å². The summed E-state index contributed by atoms with van der Waals surface area (Å²) in [5.74, 6) is 0.0339. The van der Waals surface area contributed by atoms with Gasteiger partial charge in [-0.1, -0.05) is 17.7 Å². The maximum atomic E-state index is 12.3. The van der Waals surface area contributed by atoms with E-state index in [0.29, 0.717) is 5.69 Å². The minimum Gasteiger partial charge on any atom is -0.508 e. The van der Waals surface area contributed by atoms with Gasteiger partial charge in [-0.3, -0.25) is 4.72 Å². The predicted octanol–water partition coefficient (Wildman–Crippen LogP) is 3.12. The van der Waals surface area contributed by atoms with E-state index in [4.69, 9.17) is 0 Å². The van der Waals surface area contributed by atoms with Gasteiger partial charge in [0.1, 0.15) is 5.75 Å². The summed E-state index contributed by atoms with van der Waals surface area (Å²) >= 11 is 0. The van der Waals surface area contributed by atoms with Gasteiger partial charge in [0, 0.05) is 0 Å². The van der Waals surface area contributed by atoms with Gasteiger partial charge in [-0.05, 0) is 56.2 Å². The maximum absolute atomic E-state index is 12.3. The van der Waals surface area contributed by atoms with Crippen LogP contribution in [0, 0.1) is 20.8 Å². The summed E-state index contributed by atoms with van der Waals surface area (Å²) in [6.07, 6.45) is 0. The molecule has 0 aliphatic heterocycles. The van der Waals surface area contributed by atoms with Crippen LogP contribution in [0.4, 0.5) is 5.69 Å². The maximum Gasteiger partial charge on any atom is 0.261 e. The molecule has 0 aliphatic rings. The molecule has 0 aliphatic carbocycles. The zero-order valence-corrected chi connectivity index (χ0v) is 12.5. The smallest absolute Gasteiger partial charge is 0.261 e. The average molecular weight is 291 g/mol. The van der Waals surface area contributed by atoms with Gasteiger partial charge in [0.05, 0.1) is 10.6 Å². The van der Waals surface area contributed by atoms with Crippen LogP contribution in [0.2, 0.25) is 0 Å². The fourth-order valence-corrected chi connectivity index (χ4v) is 3.36. The van der Waals surface area contributed by atoms with Crippen molar-refractivity contribution in [2.24, 2.45) is 0 Å². The molecule has 0 bridgehead atoms. The van der Waals surface area contributed by atoms with Crippen molar-refractivity contribution in [3.05, 3.63) is 53.1 Å².